The third-order valence-corrected chi connectivity index (χ3v) is 5.60. The molecule has 0 unspecified atom stereocenters. The second kappa shape index (κ2) is 6.19. The zero-order valence-corrected chi connectivity index (χ0v) is 11.3. The second-order valence-electron chi connectivity index (χ2n) is 6.31. The monoisotopic (exact) mass is 238 g/mol. The summed E-state index contributed by atoms with van der Waals surface area (Å²) in [5.41, 5.74) is 12.7. The summed E-state index contributed by atoms with van der Waals surface area (Å²) >= 11 is 0. The molecule has 0 atom stereocenters. The van der Waals surface area contributed by atoms with Crippen molar-refractivity contribution in [2.75, 3.05) is 13.1 Å². The highest BCUT2D eigenvalue weighted by Crippen LogP contribution is 2.47. The standard InChI is InChI=1S/C15H30N2/c16-11-15(12-17,13-7-3-1-4-8-13)14-9-5-2-6-10-14/h13-14H,1-12,16-17H2. The topological polar surface area (TPSA) is 52.0 Å². The van der Waals surface area contributed by atoms with Crippen molar-refractivity contribution < 1.29 is 0 Å². The zero-order chi connectivity index (χ0) is 12.1. The van der Waals surface area contributed by atoms with E-state index in [9.17, 15) is 0 Å². The predicted octanol–water partition coefficient (Wildman–Crippen LogP) is 3.05. The first kappa shape index (κ1) is 13.4. The molecule has 100 valence electrons. The molecule has 0 amide bonds. The zero-order valence-electron chi connectivity index (χ0n) is 11.3. The molecule has 0 aliphatic heterocycles. The van der Waals surface area contributed by atoms with E-state index in [4.69, 9.17) is 11.5 Å². The third kappa shape index (κ3) is 2.68. The Morgan fingerprint density at radius 2 is 1.00 bits per heavy atom. The van der Waals surface area contributed by atoms with Crippen LogP contribution < -0.4 is 11.5 Å². The number of rotatable bonds is 4. The van der Waals surface area contributed by atoms with E-state index in [0.717, 1.165) is 24.9 Å². The summed E-state index contributed by atoms with van der Waals surface area (Å²) in [6, 6.07) is 0. The molecule has 2 rings (SSSR count). The van der Waals surface area contributed by atoms with Crippen molar-refractivity contribution in [1.29, 1.82) is 0 Å². The molecule has 2 fully saturated rings. The average Bonchev–Trinajstić information content (AvgIpc) is 2.43. The Balaban J connectivity index is 2.10. The van der Waals surface area contributed by atoms with Gasteiger partial charge in [-0.25, -0.2) is 0 Å². The van der Waals surface area contributed by atoms with Crippen LogP contribution in [0.5, 0.6) is 0 Å². The molecule has 0 radical (unpaired) electrons. The molecule has 2 nitrogen and oxygen atoms in total. The lowest BCUT2D eigenvalue weighted by Crippen LogP contribution is -2.50. The van der Waals surface area contributed by atoms with Crippen molar-refractivity contribution >= 4 is 0 Å². The molecule has 17 heavy (non-hydrogen) atoms. The quantitative estimate of drug-likeness (QED) is 0.791. The number of nitrogens with two attached hydrogens (primary N) is 2. The Morgan fingerprint density at radius 1 is 0.647 bits per heavy atom. The van der Waals surface area contributed by atoms with E-state index in [-0.39, 0.29) is 5.41 Å². The van der Waals surface area contributed by atoms with Gasteiger partial charge in [0, 0.05) is 5.41 Å². The van der Waals surface area contributed by atoms with Gasteiger partial charge in [-0.1, -0.05) is 38.5 Å². The van der Waals surface area contributed by atoms with Crippen LogP contribution in [0.4, 0.5) is 0 Å². The lowest BCUT2D eigenvalue weighted by Gasteiger charge is -2.48. The highest BCUT2D eigenvalue weighted by Gasteiger charge is 2.43. The second-order valence-corrected chi connectivity index (χ2v) is 6.31. The van der Waals surface area contributed by atoms with Crippen molar-refractivity contribution in [2.24, 2.45) is 28.7 Å². The maximum atomic E-state index is 6.20. The molecule has 0 aromatic carbocycles. The van der Waals surface area contributed by atoms with Crippen LogP contribution in [0.3, 0.4) is 0 Å². The summed E-state index contributed by atoms with van der Waals surface area (Å²) in [6.07, 6.45) is 14.0. The Kier molecular flexibility index (Phi) is 4.87. The molecular formula is C15H30N2. The molecule has 0 saturated heterocycles. The van der Waals surface area contributed by atoms with Gasteiger partial charge >= 0.3 is 0 Å². The smallest absolute Gasteiger partial charge is 0.000448 e. The molecule has 2 saturated carbocycles. The van der Waals surface area contributed by atoms with Gasteiger partial charge in [-0.3, -0.25) is 0 Å². The van der Waals surface area contributed by atoms with E-state index in [1.807, 2.05) is 0 Å². The lowest BCUT2D eigenvalue weighted by atomic mass is 9.59. The van der Waals surface area contributed by atoms with Gasteiger partial charge in [0.15, 0.2) is 0 Å². The Morgan fingerprint density at radius 3 is 1.29 bits per heavy atom. The largest absolute Gasteiger partial charge is 0.330 e. The van der Waals surface area contributed by atoms with Crippen molar-refractivity contribution in [3.05, 3.63) is 0 Å². The summed E-state index contributed by atoms with van der Waals surface area (Å²) in [5, 5.41) is 0. The molecule has 2 heteroatoms. The van der Waals surface area contributed by atoms with E-state index in [1.54, 1.807) is 0 Å². The van der Waals surface area contributed by atoms with Gasteiger partial charge in [0.1, 0.15) is 0 Å². The molecule has 0 aromatic rings. The molecule has 2 aliphatic rings. The summed E-state index contributed by atoms with van der Waals surface area (Å²) in [6.45, 7) is 1.64. The molecule has 2 aliphatic carbocycles. The van der Waals surface area contributed by atoms with Gasteiger partial charge in [0.2, 0.25) is 0 Å². The van der Waals surface area contributed by atoms with E-state index in [1.165, 1.54) is 64.2 Å². The highest BCUT2D eigenvalue weighted by atomic mass is 14.7. The van der Waals surface area contributed by atoms with E-state index < -0.39 is 0 Å². The van der Waals surface area contributed by atoms with Crippen LogP contribution in [0.2, 0.25) is 0 Å². The van der Waals surface area contributed by atoms with Crippen LogP contribution in [-0.2, 0) is 0 Å². The van der Waals surface area contributed by atoms with Crippen LogP contribution in [0.25, 0.3) is 0 Å². The summed E-state index contributed by atoms with van der Waals surface area (Å²) < 4.78 is 0. The van der Waals surface area contributed by atoms with Crippen LogP contribution in [-0.4, -0.2) is 13.1 Å². The van der Waals surface area contributed by atoms with Crippen LogP contribution in [0.15, 0.2) is 0 Å². The van der Waals surface area contributed by atoms with Gasteiger partial charge in [-0.05, 0) is 50.6 Å². The first-order valence-electron chi connectivity index (χ1n) is 7.73. The normalized spacial score (nSPS) is 25.1. The van der Waals surface area contributed by atoms with Gasteiger partial charge in [0.05, 0.1) is 0 Å². The Labute approximate surface area is 107 Å². The minimum absolute atomic E-state index is 0.279. The molecule has 0 spiro atoms. The van der Waals surface area contributed by atoms with Crippen LogP contribution in [0.1, 0.15) is 64.2 Å². The maximum Gasteiger partial charge on any atom is 0.000448 e. The van der Waals surface area contributed by atoms with Crippen molar-refractivity contribution in [2.45, 2.75) is 64.2 Å². The first-order valence-corrected chi connectivity index (χ1v) is 7.73. The summed E-state index contributed by atoms with van der Waals surface area (Å²) in [5.74, 6) is 1.63. The molecular weight excluding hydrogens is 208 g/mol. The maximum absolute atomic E-state index is 6.20. The van der Waals surface area contributed by atoms with Gasteiger partial charge in [-0.15, -0.1) is 0 Å². The van der Waals surface area contributed by atoms with Crippen LogP contribution in [0, 0.1) is 17.3 Å². The van der Waals surface area contributed by atoms with E-state index in [2.05, 4.69) is 0 Å². The third-order valence-electron chi connectivity index (χ3n) is 5.60. The van der Waals surface area contributed by atoms with Crippen molar-refractivity contribution in [3.8, 4) is 0 Å². The average molecular weight is 238 g/mol. The van der Waals surface area contributed by atoms with Gasteiger partial charge in [-0.2, -0.15) is 0 Å². The predicted molar refractivity (Wildman–Crippen MR) is 73.7 cm³/mol. The fourth-order valence-corrected chi connectivity index (χ4v) is 4.44. The molecule has 4 N–H and O–H groups in total. The van der Waals surface area contributed by atoms with E-state index >= 15 is 0 Å². The Bertz CT molecular complexity index is 191. The molecule has 0 heterocycles. The minimum atomic E-state index is 0.279. The highest BCUT2D eigenvalue weighted by molar-refractivity contribution is 4.95. The van der Waals surface area contributed by atoms with Crippen LogP contribution >= 0.6 is 0 Å². The molecule has 0 aromatic heterocycles. The fraction of sp³-hybridized carbons (Fsp3) is 1.00. The number of hydrogen-bond donors (Lipinski definition) is 2. The number of hydrogen-bond acceptors (Lipinski definition) is 2. The Hall–Kier alpha value is -0.0800. The fourth-order valence-electron chi connectivity index (χ4n) is 4.44. The molecule has 0 bridgehead atoms. The van der Waals surface area contributed by atoms with Gasteiger partial charge < -0.3 is 11.5 Å². The first-order chi connectivity index (χ1) is 8.33. The van der Waals surface area contributed by atoms with Crippen molar-refractivity contribution in [3.63, 3.8) is 0 Å². The summed E-state index contributed by atoms with van der Waals surface area (Å²) in [7, 11) is 0. The van der Waals surface area contributed by atoms with Gasteiger partial charge in [0.25, 0.3) is 0 Å². The lowest BCUT2D eigenvalue weighted by molar-refractivity contribution is 0.0386. The minimum Gasteiger partial charge on any atom is -0.330 e. The summed E-state index contributed by atoms with van der Waals surface area (Å²) in [4.78, 5) is 0. The SMILES string of the molecule is NCC(CN)(C1CCCCC1)C1CCCCC1. The van der Waals surface area contributed by atoms with Crippen molar-refractivity contribution in [1.82, 2.24) is 0 Å². The van der Waals surface area contributed by atoms with E-state index in [0.29, 0.717) is 0 Å².